The first-order chi connectivity index (χ1) is 8.69. The highest BCUT2D eigenvalue weighted by atomic mass is 16.6. The SMILES string of the molecule is O=C(Nc1ccc(OCC2CO2)cc1)C(O)CO. The van der Waals surface area contributed by atoms with Crippen molar-refractivity contribution in [2.24, 2.45) is 0 Å². The van der Waals surface area contributed by atoms with Crippen molar-refractivity contribution in [3.05, 3.63) is 24.3 Å². The van der Waals surface area contributed by atoms with Gasteiger partial charge in [0.1, 0.15) is 18.5 Å². The number of rotatable bonds is 6. The Kier molecular flexibility index (Phi) is 4.14. The Balaban J connectivity index is 1.84. The van der Waals surface area contributed by atoms with Gasteiger partial charge in [0.05, 0.1) is 13.2 Å². The summed E-state index contributed by atoms with van der Waals surface area (Å²) in [4.78, 5) is 11.3. The summed E-state index contributed by atoms with van der Waals surface area (Å²) < 4.78 is 10.4. The van der Waals surface area contributed by atoms with E-state index >= 15 is 0 Å². The maximum atomic E-state index is 11.3. The fraction of sp³-hybridized carbons (Fsp3) is 0.417. The lowest BCUT2D eigenvalue weighted by molar-refractivity contribution is -0.125. The van der Waals surface area contributed by atoms with Crippen LogP contribution in [0.5, 0.6) is 5.75 Å². The molecule has 2 atom stereocenters. The fourth-order valence-corrected chi connectivity index (χ4v) is 1.30. The van der Waals surface area contributed by atoms with E-state index in [4.69, 9.17) is 19.7 Å². The van der Waals surface area contributed by atoms with Crippen LogP contribution in [0.4, 0.5) is 5.69 Å². The molecule has 3 N–H and O–H groups in total. The Morgan fingerprint density at radius 2 is 2.17 bits per heavy atom. The molecule has 0 saturated carbocycles. The summed E-state index contributed by atoms with van der Waals surface area (Å²) >= 11 is 0. The first-order valence-corrected chi connectivity index (χ1v) is 5.63. The van der Waals surface area contributed by atoms with Gasteiger partial charge in [-0.25, -0.2) is 0 Å². The highest BCUT2D eigenvalue weighted by Gasteiger charge is 2.23. The molecule has 1 saturated heterocycles. The van der Waals surface area contributed by atoms with E-state index < -0.39 is 18.6 Å². The summed E-state index contributed by atoms with van der Waals surface area (Å²) in [6.45, 7) is 0.663. The molecule has 1 aliphatic rings. The Morgan fingerprint density at radius 1 is 1.50 bits per heavy atom. The molecule has 98 valence electrons. The molecular formula is C12H15NO5. The molecule has 6 heteroatoms. The summed E-state index contributed by atoms with van der Waals surface area (Å²) in [7, 11) is 0. The molecule has 1 aromatic carbocycles. The number of carbonyl (C=O) groups is 1. The number of aliphatic hydroxyl groups excluding tert-OH is 2. The van der Waals surface area contributed by atoms with Gasteiger partial charge in [0.25, 0.3) is 5.91 Å². The van der Waals surface area contributed by atoms with Gasteiger partial charge in [0, 0.05) is 5.69 Å². The van der Waals surface area contributed by atoms with Gasteiger partial charge in [0.2, 0.25) is 0 Å². The van der Waals surface area contributed by atoms with Gasteiger partial charge >= 0.3 is 0 Å². The molecular weight excluding hydrogens is 238 g/mol. The van der Waals surface area contributed by atoms with E-state index in [1.54, 1.807) is 24.3 Å². The van der Waals surface area contributed by atoms with Crippen molar-refractivity contribution in [3.8, 4) is 5.75 Å². The number of hydrogen-bond donors (Lipinski definition) is 3. The topological polar surface area (TPSA) is 91.3 Å². The third kappa shape index (κ3) is 3.69. The van der Waals surface area contributed by atoms with Crippen molar-refractivity contribution in [3.63, 3.8) is 0 Å². The molecule has 0 radical (unpaired) electrons. The summed E-state index contributed by atoms with van der Waals surface area (Å²) in [5, 5.41) is 20.2. The van der Waals surface area contributed by atoms with Crippen molar-refractivity contribution in [1.29, 1.82) is 0 Å². The quantitative estimate of drug-likeness (QED) is 0.608. The molecule has 1 aliphatic heterocycles. The smallest absolute Gasteiger partial charge is 0.255 e. The van der Waals surface area contributed by atoms with Gasteiger partial charge in [-0.1, -0.05) is 0 Å². The molecule has 1 heterocycles. The van der Waals surface area contributed by atoms with Crippen molar-refractivity contribution in [2.75, 3.05) is 25.1 Å². The zero-order chi connectivity index (χ0) is 13.0. The second-order valence-electron chi connectivity index (χ2n) is 3.98. The number of hydrogen-bond acceptors (Lipinski definition) is 5. The van der Waals surface area contributed by atoms with Gasteiger partial charge in [0.15, 0.2) is 6.10 Å². The number of carbonyl (C=O) groups excluding carboxylic acids is 1. The second-order valence-corrected chi connectivity index (χ2v) is 3.98. The molecule has 0 aliphatic carbocycles. The van der Waals surface area contributed by atoms with Crippen LogP contribution in [0.15, 0.2) is 24.3 Å². The number of anilines is 1. The van der Waals surface area contributed by atoms with Crippen LogP contribution >= 0.6 is 0 Å². The van der Waals surface area contributed by atoms with Gasteiger partial charge in [-0.05, 0) is 24.3 Å². The predicted molar refractivity (Wildman–Crippen MR) is 63.4 cm³/mol. The lowest BCUT2D eigenvalue weighted by atomic mass is 10.2. The van der Waals surface area contributed by atoms with Gasteiger partial charge in [-0.15, -0.1) is 0 Å². The molecule has 1 fully saturated rings. The van der Waals surface area contributed by atoms with Crippen LogP contribution in [-0.4, -0.2) is 48.1 Å². The number of nitrogens with one attached hydrogen (secondary N) is 1. The van der Waals surface area contributed by atoms with Gasteiger partial charge in [-0.2, -0.15) is 0 Å². The maximum Gasteiger partial charge on any atom is 0.255 e. The lowest BCUT2D eigenvalue weighted by Crippen LogP contribution is -2.30. The minimum atomic E-state index is -1.41. The van der Waals surface area contributed by atoms with E-state index in [0.29, 0.717) is 18.0 Å². The monoisotopic (exact) mass is 253 g/mol. The third-order valence-corrected chi connectivity index (χ3v) is 2.44. The van der Waals surface area contributed by atoms with E-state index in [1.165, 1.54) is 0 Å². The number of aliphatic hydroxyl groups is 2. The zero-order valence-electron chi connectivity index (χ0n) is 9.70. The average Bonchev–Trinajstić information content (AvgIpc) is 3.21. The van der Waals surface area contributed by atoms with E-state index in [1.807, 2.05) is 0 Å². The summed E-state index contributed by atoms with van der Waals surface area (Å²) in [6, 6.07) is 6.74. The van der Waals surface area contributed by atoms with Crippen molar-refractivity contribution in [2.45, 2.75) is 12.2 Å². The highest BCUT2D eigenvalue weighted by Crippen LogP contribution is 2.18. The first kappa shape index (κ1) is 12.8. The number of epoxide rings is 1. The Labute approximate surface area is 104 Å². The largest absolute Gasteiger partial charge is 0.491 e. The van der Waals surface area contributed by atoms with Crippen LogP contribution in [0.2, 0.25) is 0 Å². The van der Waals surface area contributed by atoms with Crippen LogP contribution in [0.25, 0.3) is 0 Å². The van der Waals surface area contributed by atoms with E-state index in [9.17, 15) is 4.79 Å². The van der Waals surface area contributed by atoms with Crippen molar-refractivity contribution >= 4 is 11.6 Å². The Morgan fingerprint density at radius 3 is 2.72 bits per heavy atom. The minimum Gasteiger partial charge on any atom is -0.491 e. The summed E-state index contributed by atoms with van der Waals surface area (Å²) in [6.07, 6.45) is -1.21. The molecule has 0 aromatic heterocycles. The van der Waals surface area contributed by atoms with Crippen molar-refractivity contribution < 1.29 is 24.5 Å². The van der Waals surface area contributed by atoms with Gasteiger partial charge < -0.3 is 25.0 Å². The molecule has 18 heavy (non-hydrogen) atoms. The molecule has 1 aromatic rings. The molecule has 2 rings (SSSR count). The predicted octanol–water partition coefficient (Wildman–Crippen LogP) is -0.244. The van der Waals surface area contributed by atoms with Gasteiger partial charge in [-0.3, -0.25) is 4.79 Å². The molecule has 6 nitrogen and oxygen atoms in total. The van der Waals surface area contributed by atoms with Crippen LogP contribution in [0.1, 0.15) is 0 Å². The maximum absolute atomic E-state index is 11.3. The number of ether oxygens (including phenoxy) is 2. The summed E-state index contributed by atoms with van der Waals surface area (Å²) in [5.74, 6) is 0.0451. The molecule has 0 spiro atoms. The Bertz CT molecular complexity index is 401. The molecule has 1 amide bonds. The van der Waals surface area contributed by atoms with E-state index in [2.05, 4.69) is 5.32 Å². The highest BCUT2D eigenvalue weighted by molar-refractivity contribution is 5.94. The normalized spacial score (nSPS) is 19.1. The van der Waals surface area contributed by atoms with E-state index in [0.717, 1.165) is 6.61 Å². The number of benzene rings is 1. The van der Waals surface area contributed by atoms with E-state index in [-0.39, 0.29) is 6.10 Å². The van der Waals surface area contributed by atoms with Crippen LogP contribution in [0.3, 0.4) is 0 Å². The second kappa shape index (κ2) is 5.81. The molecule has 2 unspecified atom stereocenters. The first-order valence-electron chi connectivity index (χ1n) is 5.63. The Hall–Kier alpha value is -1.63. The minimum absolute atomic E-state index is 0.198. The zero-order valence-corrected chi connectivity index (χ0v) is 9.70. The fourth-order valence-electron chi connectivity index (χ4n) is 1.30. The third-order valence-electron chi connectivity index (χ3n) is 2.44. The van der Waals surface area contributed by atoms with Crippen LogP contribution < -0.4 is 10.1 Å². The van der Waals surface area contributed by atoms with Crippen LogP contribution in [0, 0.1) is 0 Å². The molecule has 0 bridgehead atoms. The number of amides is 1. The van der Waals surface area contributed by atoms with Crippen LogP contribution in [-0.2, 0) is 9.53 Å². The summed E-state index contributed by atoms with van der Waals surface area (Å²) in [5.41, 5.74) is 0.530. The standard InChI is InChI=1S/C12H15NO5/c14-5-11(15)12(16)13-8-1-3-9(4-2-8)17-6-10-7-18-10/h1-4,10-11,14-15H,5-7H2,(H,13,16). The lowest BCUT2D eigenvalue weighted by Gasteiger charge is -2.09. The van der Waals surface area contributed by atoms with Crippen molar-refractivity contribution in [1.82, 2.24) is 0 Å². The average molecular weight is 253 g/mol.